The number of carbonyl (C=O) groups is 2. The zero-order chi connectivity index (χ0) is 13.5. The van der Waals surface area contributed by atoms with E-state index in [0.717, 1.165) is 6.42 Å². The molecule has 0 aliphatic rings. The number of furan rings is 1. The number of carbonyl (C=O) groups excluding carboxylic acids is 1. The van der Waals surface area contributed by atoms with Gasteiger partial charge in [-0.2, -0.15) is 0 Å². The fourth-order valence-electron chi connectivity index (χ4n) is 1.23. The lowest BCUT2D eigenvalue weighted by Gasteiger charge is -2.10. The first-order valence-electron chi connectivity index (χ1n) is 5.86. The van der Waals surface area contributed by atoms with Crippen LogP contribution >= 0.6 is 0 Å². The third-order valence-electron chi connectivity index (χ3n) is 2.60. The van der Waals surface area contributed by atoms with E-state index in [-0.39, 0.29) is 18.3 Å². The number of urea groups is 1. The fraction of sp³-hybridized carbons (Fsp3) is 0.500. The van der Waals surface area contributed by atoms with Crippen molar-refractivity contribution in [2.45, 2.75) is 26.8 Å². The van der Waals surface area contributed by atoms with Gasteiger partial charge in [-0.05, 0) is 18.1 Å². The van der Waals surface area contributed by atoms with Gasteiger partial charge in [0.1, 0.15) is 5.76 Å². The van der Waals surface area contributed by atoms with Gasteiger partial charge in [-0.15, -0.1) is 0 Å². The Bertz CT molecular complexity index is 414. The smallest absolute Gasteiger partial charge is 0.371 e. The SMILES string of the molecule is CCC(C)CNC(=O)NCc1ccc(C(=O)O)o1. The van der Waals surface area contributed by atoms with Gasteiger partial charge in [-0.1, -0.05) is 20.3 Å². The Labute approximate surface area is 105 Å². The van der Waals surface area contributed by atoms with Crippen molar-refractivity contribution < 1.29 is 19.1 Å². The molecular formula is C12H18N2O4. The Morgan fingerprint density at radius 3 is 2.67 bits per heavy atom. The van der Waals surface area contributed by atoms with Crippen molar-refractivity contribution >= 4 is 12.0 Å². The first-order chi connectivity index (χ1) is 8.52. The zero-order valence-electron chi connectivity index (χ0n) is 10.5. The Balaban J connectivity index is 2.31. The van der Waals surface area contributed by atoms with E-state index in [4.69, 9.17) is 9.52 Å². The largest absolute Gasteiger partial charge is 0.475 e. The maximum atomic E-state index is 11.4. The highest BCUT2D eigenvalue weighted by Gasteiger charge is 2.09. The molecule has 0 fully saturated rings. The summed E-state index contributed by atoms with van der Waals surface area (Å²) in [6, 6.07) is 2.60. The molecule has 18 heavy (non-hydrogen) atoms. The Hall–Kier alpha value is -1.98. The van der Waals surface area contributed by atoms with Crippen LogP contribution in [0.4, 0.5) is 4.79 Å². The van der Waals surface area contributed by atoms with Crippen molar-refractivity contribution in [3.8, 4) is 0 Å². The Morgan fingerprint density at radius 1 is 1.39 bits per heavy atom. The van der Waals surface area contributed by atoms with Crippen LogP contribution < -0.4 is 10.6 Å². The van der Waals surface area contributed by atoms with E-state index >= 15 is 0 Å². The maximum Gasteiger partial charge on any atom is 0.371 e. The molecule has 0 aliphatic carbocycles. The zero-order valence-corrected chi connectivity index (χ0v) is 10.5. The predicted molar refractivity (Wildman–Crippen MR) is 65.4 cm³/mol. The number of nitrogens with one attached hydrogen (secondary N) is 2. The van der Waals surface area contributed by atoms with Gasteiger partial charge in [-0.3, -0.25) is 0 Å². The molecule has 0 saturated carbocycles. The van der Waals surface area contributed by atoms with E-state index in [1.807, 2.05) is 6.92 Å². The highest BCUT2D eigenvalue weighted by atomic mass is 16.4. The van der Waals surface area contributed by atoms with Gasteiger partial charge in [0.05, 0.1) is 6.54 Å². The van der Waals surface area contributed by atoms with Gasteiger partial charge in [0.25, 0.3) is 0 Å². The van der Waals surface area contributed by atoms with Gasteiger partial charge in [0, 0.05) is 6.54 Å². The average Bonchev–Trinajstić information content (AvgIpc) is 2.82. The van der Waals surface area contributed by atoms with E-state index < -0.39 is 5.97 Å². The second kappa shape index (κ2) is 6.68. The van der Waals surface area contributed by atoms with Crippen LogP contribution in [0.15, 0.2) is 16.5 Å². The summed E-state index contributed by atoms with van der Waals surface area (Å²) in [7, 11) is 0. The quantitative estimate of drug-likeness (QED) is 0.722. The summed E-state index contributed by atoms with van der Waals surface area (Å²) in [5.41, 5.74) is 0. The molecule has 1 heterocycles. The van der Waals surface area contributed by atoms with E-state index in [1.54, 1.807) is 0 Å². The molecule has 1 unspecified atom stereocenters. The fourth-order valence-corrected chi connectivity index (χ4v) is 1.23. The minimum absolute atomic E-state index is 0.133. The number of carboxylic acids is 1. The molecule has 1 aromatic rings. The minimum atomic E-state index is -1.12. The van der Waals surface area contributed by atoms with Crippen molar-refractivity contribution in [2.75, 3.05) is 6.54 Å². The highest BCUT2D eigenvalue weighted by Crippen LogP contribution is 2.07. The van der Waals surface area contributed by atoms with Crippen molar-refractivity contribution in [1.82, 2.24) is 10.6 Å². The molecule has 0 aliphatic heterocycles. The lowest BCUT2D eigenvalue weighted by atomic mass is 10.1. The molecule has 0 aromatic carbocycles. The summed E-state index contributed by atoms with van der Waals surface area (Å²) < 4.78 is 5.00. The molecule has 0 saturated heterocycles. The Kier molecular flexibility index (Phi) is 5.23. The molecule has 0 spiro atoms. The Morgan fingerprint density at radius 2 is 2.11 bits per heavy atom. The monoisotopic (exact) mass is 254 g/mol. The molecule has 0 bridgehead atoms. The number of hydrogen-bond acceptors (Lipinski definition) is 3. The average molecular weight is 254 g/mol. The molecule has 1 atom stereocenters. The van der Waals surface area contributed by atoms with Crippen LogP contribution in [0.1, 0.15) is 36.6 Å². The van der Waals surface area contributed by atoms with Crippen LogP contribution in [-0.2, 0) is 6.54 Å². The molecule has 0 radical (unpaired) electrons. The summed E-state index contributed by atoms with van der Waals surface area (Å²) in [6.45, 7) is 4.88. The summed E-state index contributed by atoms with van der Waals surface area (Å²) in [4.78, 5) is 22.0. The molecule has 2 amide bonds. The van der Waals surface area contributed by atoms with Crippen molar-refractivity contribution in [2.24, 2.45) is 5.92 Å². The molecule has 6 heteroatoms. The number of aromatic carboxylic acids is 1. The van der Waals surface area contributed by atoms with Crippen LogP contribution in [0.2, 0.25) is 0 Å². The second-order valence-corrected chi connectivity index (χ2v) is 4.15. The van der Waals surface area contributed by atoms with Gasteiger partial charge in [0.15, 0.2) is 0 Å². The topological polar surface area (TPSA) is 91.6 Å². The lowest BCUT2D eigenvalue weighted by Crippen LogP contribution is -2.37. The van der Waals surface area contributed by atoms with Crippen molar-refractivity contribution in [3.63, 3.8) is 0 Å². The van der Waals surface area contributed by atoms with E-state index in [1.165, 1.54) is 12.1 Å². The summed E-state index contributed by atoms with van der Waals surface area (Å²) in [5.74, 6) is -0.418. The van der Waals surface area contributed by atoms with Crippen molar-refractivity contribution in [3.05, 3.63) is 23.7 Å². The van der Waals surface area contributed by atoms with Crippen molar-refractivity contribution in [1.29, 1.82) is 0 Å². The third-order valence-corrected chi connectivity index (χ3v) is 2.60. The third kappa shape index (κ3) is 4.48. The summed E-state index contributed by atoms with van der Waals surface area (Å²) >= 11 is 0. The van der Waals surface area contributed by atoms with Crippen LogP contribution in [0.3, 0.4) is 0 Å². The maximum absolute atomic E-state index is 11.4. The van der Waals surface area contributed by atoms with E-state index in [9.17, 15) is 9.59 Å². The van der Waals surface area contributed by atoms with Gasteiger partial charge in [-0.25, -0.2) is 9.59 Å². The van der Waals surface area contributed by atoms with Crippen LogP contribution in [0.25, 0.3) is 0 Å². The molecule has 6 nitrogen and oxygen atoms in total. The second-order valence-electron chi connectivity index (χ2n) is 4.15. The van der Waals surface area contributed by atoms with Gasteiger partial charge >= 0.3 is 12.0 Å². The molecule has 1 rings (SSSR count). The summed E-state index contributed by atoms with van der Waals surface area (Å²) in [5, 5.41) is 14.0. The first kappa shape index (κ1) is 14.1. The number of rotatable bonds is 6. The highest BCUT2D eigenvalue weighted by molar-refractivity contribution is 5.84. The van der Waals surface area contributed by atoms with E-state index in [2.05, 4.69) is 17.6 Å². The number of amides is 2. The summed E-state index contributed by atoms with van der Waals surface area (Å²) in [6.07, 6.45) is 1.00. The van der Waals surface area contributed by atoms with Gasteiger partial charge < -0.3 is 20.2 Å². The normalized spacial score (nSPS) is 11.9. The standard InChI is InChI=1S/C12H18N2O4/c1-3-8(2)6-13-12(17)14-7-9-4-5-10(18-9)11(15)16/h4-5,8H,3,6-7H2,1-2H3,(H,15,16)(H2,13,14,17). The minimum Gasteiger partial charge on any atom is -0.475 e. The molecular weight excluding hydrogens is 236 g/mol. The van der Waals surface area contributed by atoms with Crippen LogP contribution in [0.5, 0.6) is 0 Å². The van der Waals surface area contributed by atoms with Crippen LogP contribution in [-0.4, -0.2) is 23.7 Å². The lowest BCUT2D eigenvalue weighted by molar-refractivity contribution is 0.0660. The van der Waals surface area contributed by atoms with Crippen LogP contribution in [0, 0.1) is 5.92 Å². The molecule has 100 valence electrons. The number of carboxylic acid groups (broad SMARTS) is 1. The molecule has 3 N–H and O–H groups in total. The first-order valence-corrected chi connectivity index (χ1v) is 5.86. The predicted octanol–water partition coefficient (Wildman–Crippen LogP) is 1.82. The van der Waals surface area contributed by atoms with E-state index in [0.29, 0.717) is 18.2 Å². The van der Waals surface area contributed by atoms with Gasteiger partial charge in [0.2, 0.25) is 5.76 Å². The molecule has 1 aromatic heterocycles. The number of hydrogen-bond donors (Lipinski definition) is 3.